The van der Waals surface area contributed by atoms with Crippen molar-refractivity contribution in [2.45, 2.75) is 30.7 Å². The maximum absolute atomic E-state index is 4.40. The van der Waals surface area contributed by atoms with E-state index in [0.717, 1.165) is 9.50 Å². The van der Waals surface area contributed by atoms with Crippen LogP contribution in [-0.4, -0.2) is 4.98 Å². The molecular formula is C14H14BrNS. The van der Waals surface area contributed by atoms with E-state index in [1.807, 2.05) is 12.3 Å². The third-order valence-corrected chi connectivity index (χ3v) is 5.00. The lowest BCUT2D eigenvalue weighted by atomic mass is 10.1. The summed E-state index contributed by atoms with van der Waals surface area (Å²) in [6, 6.07) is 8.51. The third-order valence-electron chi connectivity index (χ3n) is 2.74. The van der Waals surface area contributed by atoms with E-state index in [1.54, 1.807) is 11.8 Å². The van der Waals surface area contributed by atoms with Gasteiger partial charge in [0.15, 0.2) is 0 Å². The van der Waals surface area contributed by atoms with E-state index in [2.05, 4.69) is 59.9 Å². The Morgan fingerprint density at radius 1 is 1.00 bits per heavy atom. The Morgan fingerprint density at radius 2 is 1.76 bits per heavy atom. The molecule has 0 aliphatic heterocycles. The number of nitrogens with zero attached hydrogens (tertiary/aromatic N) is 1. The molecular weight excluding hydrogens is 294 g/mol. The molecule has 2 aromatic rings. The average molecular weight is 308 g/mol. The summed E-state index contributed by atoms with van der Waals surface area (Å²) in [5.41, 5.74) is 3.86. The van der Waals surface area contributed by atoms with E-state index < -0.39 is 0 Å². The Morgan fingerprint density at radius 3 is 2.47 bits per heavy atom. The first-order chi connectivity index (χ1) is 8.08. The van der Waals surface area contributed by atoms with Crippen molar-refractivity contribution >= 4 is 27.7 Å². The lowest BCUT2D eigenvalue weighted by Crippen LogP contribution is -1.86. The van der Waals surface area contributed by atoms with Crippen LogP contribution in [0.5, 0.6) is 0 Å². The molecule has 0 aliphatic rings. The molecule has 0 amide bonds. The van der Waals surface area contributed by atoms with Gasteiger partial charge in [0.1, 0.15) is 5.03 Å². The molecule has 1 nitrogen and oxygen atoms in total. The molecule has 0 aliphatic carbocycles. The van der Waals surface area contributed by atoms with E-state index in [1.165, 1.54) is 21.6 Å². The van der Waals surface area contributed by atoms with Crippen molar-refractivity contribution in [1.29, 1.82) is 0 Å². The van der Waals surface area contributed by atoms with Crippen LogP contribution in [-0.2, 0) is 0 Å². The minimum Gasteiger partial charge on any atom is -0.248 e. The molecule has 88 valence electrons. The van der Waals surface area contributed by atoms with Crippen molar-refractivity contribution in [2.75, 3.05) is 0 Å². The van der Waals surface area contributed by atoms with Gasteiger partial charge in [0.25, 0.3) is 0 Å². The van der Waals surface area contributed by atoms with Crippen LogP contribution in [0.4, 0.5) is 0 Å². The van der Waals surface area contributed by atoms with E-state index in [-0.39, 0.29) is 0 Å². The lowest BCUT2D eigenvalue weighted by molar-refractivity contribution is 1.08. The van der Waals surface area contributed by atoms with E-state index in [9.17, 15) is 0 Å². The van der Waals surface area contributed by atoms with Gasteiger partial charge >= 0.3 is 0 Å². The minimum absolute atomic E-state index is 1.02. The van der Waals surface area contributed by atoms with Gasteiger partial charge in [-0.25, -0.2) is 4.98 Å². The van der Waals surface area contributed by atoms with E-state index >= 15 is 0 Å². The SMILES string of the molecule is Cc1ccc(Sc2nccc(C)c2Br)cc1C. The summed E-state index contributed by atoms with van der Waals surface area (Å²) in [5.74, 6) is 0. The topological polar surface area (TPSA) is 12.9 Å². The molecule has 0 atom stereocenters. The maximum atomic E-state index is 4.40. The highest BCUT2D eigenvalue weighted by Gasteiger charge is 2.06. The molecule has 0 saturated heterocycles. The molecule has 17 heavy (non-hydrogen) atoms. The fourth-order valence-electron chi connectivity index (χ4n) is 1.48. The van der Waals surface area contributed by atoms with Crippen molar-refractivity contribution in [3.63, 3.8) is 0 Å². The number of rotatable bonds is 2. The molecule has 0 fully saturated rings. The second-order valence-electron chi connectivity index (χ2n) is 4.10. The summed E-state index contributed by atoms with van der Waals surface area (Å²) in [5, 5.41) is 1.02. The average Bonchev–Trinajstić information content (AvgIpc) is 2.30. The van der Waals surface area contributed by atoms with Crippen molar-refractivity contribution in [1.82, 2.24) is 4.98 Å². The van der Waals surface area contributed by atoms with Crippen LogP contribution in [0.1, 0.15) is 16.7 Å². The Kier molecular flexibility index (Phi) is 3.89. The van der Waals surface area contributed by atoms with Crippen LogP contribution >= 0.6 is 27.7 Å². The normalized spacial score (nSPS) is 10.6. The number of hydrogen-bond acceptors (Lipinski definition) is 2. The molecule has 1 heterocycles. The number of aryl methyl sites for hydroxylation is 3. The first kappa shape index (κ1) is 12.7. The Balaban J connectivity index is 2.31. The monoisotopic (exact) mass is 307 g/mol. The summed E-state index contributed by atoms with van der Waals surface area (Å²) >= 11 is 5.28. The molecule has 1 aromatic heterocycles. The number of halogens is 1. The fourth-order valence-corrected chi connectivity index (χ4v) is 2.91. The molecule has 0 bridgehead atoms. The van der Waals surface area contributed by atoms with Gasteiger partial charge in [-0.05, 0) is 71.6 Å². The summed E-state index contributed by atoms with van der Waals surface area (Å²) in [4.78, 5) is 5.63. The summed E-state index contributed by atoms with van der Waals surface area (Å²) < 4.78 is 1.09. The smallest absolute Gasteiger partial charge is 0.115 e. The van der Waals surface area contributed by atoms with Gasteiger partial charge in [0.05, 0.1) is 4.47 Å². The number of benzene rings is 1. The molecule has 0 N–H and O–H groups in total. The van der Waals surface area contributed by atoms with Crippen LogP contribution in [0.3, 0.4) is 0 Å². The summed E-state index contributed by atoms with van der Waals surface area (Å²) in [7, 11) is 0. The van der Waals surface area contributed by atoms with Crippen molar-refractivity contribution in [3.8, 4) is 0 Å². The zero-order chi connectivity index (χ0) is 12.4. The van der Waals surface area contributed by atoms with Gasteiger partial charge in [-0.15, -0.1) is 0 Å². The maximum Gasteiger partial charge on any atom is 0.115 e. The first-order valence-electron chi connectivity index (χ1n) is 5.44. The van der Waals surface area contributed by atoms with Gasteiger partial charge in [0, 0.05) is 11.1 Å². The van der Waals surface area contributed by atoms with Gasteiger partial charge in [-0.1, -0.05) is 17.8 Å². The number of aromatic nitrogens is 1. The zero-order valence-electron chi connectivity index (χ0n) is 10.1. The molecule has 0 saturated carbocycles. The van der Waals surface area contributed by atoms with Crippen molar-refractivity contribution < 1.29 is 0 Å². The molecule has 3 heteroatoms. The highest BCUT2D eigenvalue weighted by molar-refractivity contribution is 9.10. The van der Waals surface area contributed by atoms with Crippen LogP contribution in [0.15, 0.2) is 44.9 Å². The molecule has 0 unspecified atom stereocenters. The van der Waals surface area contributed by atoms with Crippen LogP contribution in [0.25, 0.3) is 0 Å². The van der Waals surface area contributed by atoms with Gasteiger partial charge < -0.3 is 0 Å². The summed E-state index contributed by atoms with van der Waals surface area (Å²) in [6.07, 6.45) is 1.85. The third kappa shape index (κ3) is 2.90. The number of hydrogen-bond donors (Lipinski definition) is 0. The second kappa shape index (κ2) is 5.23. The molecule has 2 rings (SSSR count). The van der Waals surface area contributed by atoms with Crippen LogP contribution in [0.2, 0.25) is 0 Å². The number of pyridine rings is 1. The Hall–Kier alpha value is -0.800. The second-order valence-corrected chi connectivity index (χ2v) is 5.95. The molecule has 0 radical (unpaired) electrons. The van der Waals surface area contributed by atoms with Crippen molar-refractivity contribution in [2.24, 2.45) is 0 Å². The Labute approximate surface area is 115 Å². The van der Waals surface area contributed by atoms with Crippen molar-refractivity contribution in [3.05, 3.63) is 51.6 Å². The largest absolute Gasteiger partial charge is 0.248 e. The van der Waals surface area contributed by atoms with E-state index in [0.29, 0.717) is 0 Å². The Bertz CT molecular complexity index is 552. The van der Waals surface area contributed by atoms with Crippen LogP contribution < -0.4 is 0 Å². The predicted octanol–water partition coefficient (Wildman–Crippen LogP) is 4.92. The van der Waals surface area contributed by atoms with Gasteiger partial charge in [0.2, 0.25) is 0 Å². The highest BCUT2D eigenvalue weighted by Crippen LogP contribution is 2.33. The molecule has 0 spiro atoms. The lowest BCUT2D eigenvalue weighted by Gasteiger charge is -2.07. The van der Waals surface area contributed by atoms with Gasteiger partial charge in [-0.3, -0.25) is 0 Å². The van der Waals surface area contributed by atoms with E-state index in [4.69, 9.17) is 0 Å². The standard InChI is InChI=1S/C14H14BrNS/c1-9-4-5-12(8-11(9)3)17-14-13(15)10(2)6-7-16-14/h4-8H,1-3H3. The predicted molar refractivity (Wildman–Crippen MR) is 76.7 cm³/mol. The minimum atomic E-state index is 1.02. The zero-order valence-corrected chi connectivity index (χ0v) is 12.5. The molecule has 1 aromatic carbocycles. The quantitative estimate of drug-likeness (QED) is 0.781. The first-order valence-corrected chi connectivity index (χ1v) is 7.05. The van der Waals surface area contributed by atoms with Crippen LogP contribution in [0, 0.1) is 20.8 Å². The van der Waals surface area contributed by atoms with Gasteiger partial charge in [-0.2, -0.15) is 0 Å². The fraction of sp³-hybridized carbons (Fsp3) is 0.214. The highest BCUT2D eigenvalue weighted by atomic mass is 79.9. The summed E-state index contributed by atoms with van der Waals surface area (Å²) in [6.45, 7) is 6.35.